The summed E-state index contributed by atoms with van der Waals surface area (Å²) >= 11 is 6.30. The molecule has 192 valence electrons. The number of benzene rings is 1. The Hall–Kier alpha value is -1.14. The van der Waals surface area contributed by atoms with Gasteiger partial charge in [0.05, 0.1) is 5.60 Å². The summed E-state index contributed by atoms with van der Waals surface area (Å²) in [4.78, 5) is 15.3. The third-order valence-electron chi connectivity index (χ3n) is 8.12. The summed E-state index contributed by atoms with van der Waals surface area (Å²) in [7, 11) is 1.71. The number of piperidine rings is 1. The van der Waals surface area contributed by atoms with Crippen molar-refractivity contribution in [1.29, 1.82) is 0 Å². The van der Waals surface area contributed by atoms with Crippen molar-refractivity contribution < 1.29 is 14.6 Å². The van der Waals surface area contributed by atoms with Crippen molar-refractivity contribution in [2.24, 2.45) is 23.5 Å². The van der Waals surface area contributed by atoms with Crippen LogP contribution in [0.1, 0.15) is 82.6 Å². The van der Waals surface area contributed by atoms with E-state index >= 15 is 0 Å². The normalized spacial score (nSPS) is 22.4. The van der Waals surface area contributed by atoms with Crippen molar-refractivity contribution in [3.8, 4) is 0 Å². The van der Waals surface area contributed by atoms with E-state index in [2.05, 4.69) is 0 Å². The zero-order chi connectivity index (χ0) is 24.4. The van der Waals surface area contributed by atoms with E-state index in [1.807, 2.05) is 29.2 Å². The van der Waals surface area contributed by atoms with Crippen molar-refractivity contribution in [1.82, 2.24) is 4.90 Å². The number of halogens is 1. The zero-order valence-electron chi connectivity index (χ0n) is 21.0. The average molecular weight is 493 g/mol. The van der Waals surface area contributed by atoms with Gasteiger partial charge in [0.2, 0.25) is 5.91 Å². The third-order valence-corrected chi connectivity index (χ3v) is 8.35. The molecule has 6 heteroatoms. The number of carbonyl (C=O) groups is 1. The van der Waals surface area contributed by atoms with Crippen molar-refractivity contribution in [2.75, 3.05) is 33.4 Å². The first kappa shape index (κ1) is 27.4. The van der Waals surface area contributed by atoms with E-state index < -0.39 is 5.60 Å². The maximum absolute atomic E-state index is 13.3. The van der Waals surface area contributed by atoms with Gasteiger partial charge in [-0.3, -0.25) is 4.79 Å². The van der Waals surface area contributed by atoms with Crippen LogP contribution in [-0.2, 0) is 15.1 Å². The Morgan fingerprint density at radius 1 is 1.24 bits per heavy atom. The van der Waals surface area contributed by atoms with Crippen LogP contribution in [0.15, 0.2) is 24.3 Å². The Balaban J connectivity index is 1.66. The monoisotopic (exact) mass is 492 g/mol. The van der Waals surface area contributed by atoms with Crippen LogP contribution in [0, 0.1) is 17.8 Å². The highest BCUT2D eigenvalue weighted by Crippen LogP contribution is 2.41. The van der Waals surface area contributed by atoms with Gasteiger partial charge in [-0.2, -0.15) is 0 Å². The smallest absolute Gasteiger partial charge is 0.222 e. The summed E-state index contributed by atoms with van der Waals surface area (Å²) in [5.74, 6) is 1.17. The van der Waals surface area contributed by atoms with Crippen LogP contribution >= 0.6 is 11.6 Å². The number of rotatable bonds is 12. The number of amides is 1. The van der Waals surface area contributed by atoms with Crippen LogP contribution in [0.2, 0.25) is 5.02 Å². The number of ether oxygens (including phenoxy) is 1. The number of likely N-dealkylation sites (tertiary alicyclic amines) is 1. The highest BCUT2D eigenvalue weighted by molar-refractivity contribution is 6.30. The topological polar surface area (TPSA) is 75.8 Å². The lowest BCUT2D eigenvalue weighted by atomic mass is 9.74. The molecule has 0 bridgehead atoms. The second-order valence-corrected chi connectivity index (χ2v) is 11.0. The molecular formula is C28H45ClN2O3. The van der Waals surface area contributed by atoms with E-state index in [4.69, 9.17) is 22.1 Å². The number of nitrogens with zero attached hydrogens (tertiary/aromatic N) is 1. The molecule has 3 rings (SSSR count). The molecule has 1 aromatic carbocycles. The number of hydrogen-bond donors (Lipinski definition) is 2. The molecule has 1 amide bonds. The van der Waals surface area contributed by atoms with Gasteiger partial charge >= 0.3 is 0 Å². The maximum Gasteiger partial charge on any atom is 0.222 e. The average Bonchev–Trinajstić information content (AvgIpc) is 2.86. The lowest BCUT2D eigenvalue weighted by Gasteiger charge is -2.43. The van der Waals surface area contributed by atoms with Gasteiger partial charge in [-0.25, -0.2) is 0 Å². The molecular weight excluding hydrogens is 448 g/mol. The van der Waals surface area contributed by atoms with Crippen LogP contribution in [0.25, 0.3) is 0 Å². The summed E-state index contributed by atoms with van der Waals surface area (Å²) in [5.41, 5.74) is 5.95. The van der Waals surface area contributed by atoms with Gasteiger partial charge in [-0.05, 0) is 74.6 Å². The van der Waals surface area contributed by atoms with Gasteiger partial charge in [0.1, 0.15) is 0 Å². The number of carbonyl (C=O) groups excluding carboxylic acids is 1. The lowest BCUT2D eigenvalue weighted by Crippen LogP contribution is -2.48. The Kier molecular flexibility index (Phi) is 11.2. The molecule has 1 aliphatic heterocycles. The van der Waals surface area contributed by atoms with Gasteiger partial charge in [0.25, 0.3) is 0 Å². The van der Waals surface area contributed by atoms with Crippen molar-refractivity contribution >= 4 is 17.5 Å². The van der Waals surface area contributed by atoms with E-state index in [0.29, 0.717) is 37.6 Å². The van der Waals surface area contributed by atoms with Gasteiger partial charge in [-0.15, -0.1) is 0 Å². The Morgan fingerprint density at radius 3 is 2.74 bits per heavy atom. The molecule has 2 fully saturated rings. The number of hydrogen-bond acceptors (Lipinski definition) is 4. The minimum Gasteiger partial charge on any atom is -0.385 e. The largest absolute Gasteiger partial charge is 0.385 e. The summed E-state index contributed by atoms with van der Waals surface area (Å²) in [6, 6.07) is 7.60. The fraction of sp³-hybridized carbons (Fsp3) is 0.750. The van der Waals surface area contributed by atoms with E-state index in [0.717, 1.165) is 50.1 Å². The number of nitrogens with two attached hydrogens (primary N) is 1. The quantitative estimate of drug-likeness (QED) is 0.377. The molecule has 2 aliphatic rings. The number of aliphatic hydroxyl groups is 1. The first-order chi connectivity index (χ1) is 16.5. The molecule has 0 radical (unpaired) electrons. The highest BCUT2D eigenvalue weighted by atomic mass is 35.5. The molecule has 0 spiro atoms. The third kappa shape index (κ3) is 7.68. The Morgan fingerprint density at radius 2 is 2.03 bits per heavy atom. The lowest BCUT2D eigenvalue weighted by molar-refractivity contribution is -0.137. The van der Waals surface area contributed by atoms with E-state index in [1.165, 1.54) is 32.1 Å². The van der Waals surface area contributed by atoms with E-state index in [9.17, 15) is 9.90 Å². The standard InChI is InChI=1S/C28H45ClN2O3/c1-34-16-6-5-14-28(33,24-11-7-13-26(29)19-24)25-12-8-15-31(21-25)27(32)18-23(20-30)17-22-9-3-2-4-10-22/h7,11,13,19,22-23,25,33H,2-6,8-10,12,14-18,20-21,30H2,1H3/t23-,25-,28-/m1/s1. The molecule has 5 nitrogen and oxygen atoms in total. The second kappa shape index (κ2) is 13.8. The Labute approximate surface area is 211 Å². The predicted octanol–water partition coefficient (Wildman–Crippen LogP) is 5.52. The second-order valence-electron chi connectivity index (χ2n) is 10.6. The summed E-state index contributed by atoms with van der Waals surface area (Å²) in [5, 5.41) is 12.6. The molecule has 1 aliphatic carbocycles. The molecule has 0 unspecified atom stereocenters. The summed E-state index contributed by atoms with van der Waals surface area (Å²) in [6.45, 7) is 2.62. The summed E-state index contributed by atoms with van der Waals surface area (Å²) in [6.07, 6.45) is 12.4. The molecule has 34 heavy (non-hydrogen) atoms. The van der Waals surface area contributed by atoms with Crippen molar-refractivity contribution in [2.45, 2.75) is 82.7 Å². The van der Waals surface area contributed by atoms with E-state index in [-0.39, 0.29) is 17.7 Å². The van der Waals surface area contributed by atoms with Gasteiger partial charge in [0.15, 0.2) is 0 Å². The number of methoxy groups -OCH3 is 1. The molecule has 3 atom stereocenters. The molecule has 1 saturated heterocycles. The summed E-state index contributed by atoms with van der Waals surface area (Å²) < 4.78 is 5.21. The number of unbranched alkanes of at least 4 members (excludes halogenated alkanes) is 1. The molecule has 3 N–H and O–H groups in total. The minimum atomic E-state index is -1.01. The van der Waals surface area contributed by atoms with Crippen molar-refractivity contribution in [3.05, 3.63) is 34.9 Å². The highest BCUT2D eigenvalue weighted by Gasteiger charge is 2.41. The Bertz CT molecular complexity index is 755. The SMILES string of the molecule is COCCCC[C@@](O)(c1cccc(Cl)c1)[C@@H]1CCCN(C(=O)C[C@H](CN)CC2CCCCC2)C1. The van der Waals surface area contributed by atoms with Crippen LogP contribution in [-0.4, -0.2) is 49.3 Å². The van der Waals surface area contributed by atoms with Crippen LogP contribution in [0.4, 0.5) is 0 Å². The minimum absolute atomic E-state index is 0.0131. The van der Waals surface area contributed by atoms with Crippen LogP contribution in [0.3, 0.4) is 0 Å². The van der Waals surface area contributed by atoms with Gasteiger partial charge in [-0.1, -0.05) is 55.8 Å². The molecule has 1 aromatic rings. The fourth-order valence-corrected chi connectivity index (χ4v) is 6.30. The fourth-order valence-electron chi connectivity index (χ4n) is 6.11. The van der Waals surface area contributed by atoms with Gasteiger partial charge < -0.3 is 20.5 Å². The van der Waals surface area contributed by atoms with E-state index in [1.54, 1.807) is 7.11 Å². The first-order valence-electron chi connectivity index (χ1n) is 13.4. The molecule has 1 heterocycles. The zero-order valence-corrected chi connectivity index (χ0v) is 21.8. The van der Waals surface area contributed by atoms with Crippen molar-refractivity contribution in [3.63, 3.8) is 0 Å². The molecule has 0 aromatic heterocycles. The molecule has 1 saturated carbocycles. The van der Waals surface area contributed by atoms with Gasteiger partial charge in [0, 0.05) is 44.2 Å². The maximum atomic E-state index is 13.3. The first-order valence-corrected chi connectivity index (χ1v) is 13.8. The van der Waals surface area contributed by atoms with Crippen LogP contribution < -0.4 is 5.73 Å². The van der Waals surface area contributed by atoms with Crippen LogP contribution in [0.5, 0.6) is 0 Å². The predicted molar refractivity (Wildman–Crippen MR) is 139 cm³/mol.